The molecule has 1 aliphatic carbocycles. The van der Waals surface area contributed by atoms with Gasteiger partial charge in [-0.1, -0.05) is 24.3 Å². The molecule has 0 bridgehead atoms. The van der Waals surface area contributed by atoms with Gasteiger partial charge in [0.1, 0.15) is 5.92 Å². The van der Waals surface area contributed by atoms with Crippen LogP contribution in [0.2, 0.25) is 0 Å². The van der Waals surface area contributed by atoms with Crippen molar-refractivity contribution in [2.24, 2.45) is 5.92 Å². The van der Waals surface area contributed by atoms with E-state index in [1.165, 1.54) is 6.08 Å². The van der Waals surface area contributed by atoms with Gasteiger partial charge in [0.25, 0.3) is 0 Å². The Morgan fingerprint density at radius 2 is 2.17 bits per heavy atom. The highest BCUT2D eigenvalue weighted by Gasteiger charge is 2.54. The van der Waals surface area contributed by atoms with Crippen LogP contribution in [-0.4, -0.2) is 16.8 Å². The standard InChI is InChI=1S/C8H5ClO3/c9-8-4-2-1-3-5(8)6(10)12-7(8)11/h1-5H. The molecule has 4 heteroatoms. The summed E-state index contributed by atoms with van der Waals surface area (Å²) in [6, 6.07) is 0. The van der Waals surface area contributed by atoms with Crippen molar-refractivity contribution >= 4 is 23.5 Å². The first-order chi connectivity index (χ1) is 5.64. The minimum atomic E-state index is -1.29. The fraction of sp³-hybridized carbons (Fsp3) is 0.250. The predicted octanol–water partition coefficient (Wildman–Crippen LogP) is 0.790. The van der Waals surface area contributed by atoms with Gasteiger partial charge < -0.3 is 4.74 Å². The number of rotatable bonds is 0. The molecule has 0 saturated carbocycles. The SMILES string of the molecule is O=C1OC(=O)C2(Cl)C=CC=CC12. The van der Waals surface area contributed by atoms with Gasteiger partial charge in [-0.3, -0.25) is 4.79 Å². The molecule has 1 heterocycles. The second kappa shape index (κ2) is 2.20. The number of ether oxygens (including phenoxy) is 1. The van der Waals surface area contributed by atoms with Crippen LogP contribution in [0, 0.1) is 5.92 Å². The fourth-order valence-electron chi connectivity index (χ4n) is 1.29. The van der Waals surface area contributed by atoms with Crippen LogP contribution >= 0.6 is 11.6 Å². The van der Waals surface area contributed by atoms with Crippen molar-refractivity contribution in [1.82, 2.24) is 0 Å². The molecule has 0 N–H and O–H groups in total. The summed E-state index contributed by atoms with van der Waals surface area (Å²) in [7, 11) is 0. The number of carbonyl (C=O) groups excluding carboxylic acids is 2. The lowest BCUT2D eigenvalue weighted by atomic mass is 9.90. The molecule has 2 rings (SSSR count). The zero-order valence-corrected chi connectivity index (χ0v) is 6.75. The summed E-state index contributed by atoms with van der Waals surface area (Å²) in [6.07, 6.45) is 6.35. The van der Waals surface area contributed by atoms with Crippen LogP contribution in [0.3, 0.4) is 0 Å². The van der Waals surface area contributed by atoms with E-state index in [1.54, 1.807) is 18.2 Å². The summed E-state index contributed by atoms with van der Waals surface area (Å²) < 4.78 is 4.40. The number of allylic oxidation sites excluding steroid dienone is 2. The summed E-state index contributed by atoms with van der Waals surface area (Å²) in [5.41, 5.74) is 0. The van der Waals surface area contributed by atoms with E-state index in [4.69, 9.17) is 11.6 Å². The van der Waals surface area contributed by atoms with E-state index in [0.717, 1.165) is 0 Å². The third kappa shape index (κ3) is 0.770. The Morgan fingerprint density at radius 1 is 1.42 bits per heavy atom. The van der Waals surface area contributed by atoms with E-state index in [1.807, 2.05) is 0 Å². The normalized spacial score (nSPS) is 38.2. The van der Waals surface area contributed by atoms with Crippen molar-refractivity contribution in [3.8, 4) is 0 Å². The highest BCUT2D eigenvalue weighted by atomic mass is 35.5. The zero-order chi connectivity index (χ0) is 8.77. The highest BCUT2D eigenvalue weighted by Crippen LogP contribution is 2.38. The molecule has 0 aromatic carbocycles. The molecule has 3 nitrogen and oxygen atoms in total. The third-order valence-electron chi connectivity index (χ3n) is 1.97. The number of alkyl halides is 1. The van der Waals surface area contributed by atoms with E-state index in [-0.39, 0.29) is 0 Å². The number of hydrogen-bond acceptors (Lipinski definition) is 3. The molecular weight excluding hydrogens is 180 g/mol. The summed E-state index contributed by atoms with van der Waals surface area (Å²) in [5, 5.41) is 0. The predicted molar refractivity (Wildman–Crippen MR) is 41.5 cm³/mol. The Kier molecular flexibility index (Phi) is 1.38. The van der Waals surface area contributed by atoms with Crippen molar-refractivity contribution in [3.63, 3.8) is 0 Å². The van der Waals surface area contributed by atoms with Crippen LogP contribution < -0.4 is 0 Å². The monoisotopic (exact) mass is 184 g/mol. The van der Waals surface area contributed by atoms with Gasteiger partial charge in [-0.15, -0.1) is 11.6 Å². The van der Waals surface area contributed by atoms with E-state index >= 15 is 0 Å². The average Bonchev–Trinajstić information content (AvgIpc) is 2.25. The van der Waals surface area contributed by atoms with Crippen LogP contribution in [0.5, 0.6) is 0 Å². The Morgan fingerprint density at radius 3 is 2.83 bits per heavy atom. The molecule has 1 saturated heterocycles. The van der Waals surface area contributed by atoms with E-state index in [9.17, 15) is 9.59 Å². The van der Waals surface area contributed by atoms with Gasteiger partial charge in [-0.2, -0.15) is 0 Å². The fourth-order valence-corrected chi connectivity index (χ4v) is 1.57. The van der Waals surface area contributed by atoms with Crippen LogP contribution in [0.4, 0.5) is 0 Å². The summed E-state index contributed by atoms with van der Waals surface area (Å²) in [4.78, 5) is 20.8. The number of hydrogen-bond donors (Lipinski definition) is 0. The Labute approximate surface area is 73.6 Å². The van der Waals surface area contributed by atoms with Gasteiger partial charge in [-0.05, 0) is 0 Å². The molecule has 0 aromatic rings. The quantitative estimate of drug-likeness (QED) is 0.318. The summed E-state index contributed by atoms with van der Waals surface area (Å²) >= 11 is 5.88. The van der Waals surface area contributed by atoms with Gasteiger partial charge in [-0.25, -0.2) is 4.79 Å². The van der Waals surface area contributed by atoms with E-state index in [2.05, 4.69) is 4.74 Å². The second-order valence-electron chi connectivity index (χ2n) is 2.70. The van der Waals surface area contributed by atoms with Crippen molar-refractivity contribution in [2.75, 3.05) is 0 Å². The number of cyclic esters (lactones) is 2. The van der Waals surface area contributed by atoms with Crippen LogP contribution in [0.15, 0.2) is 24.3 Å². The van der Waals surface area contributed by atoms with Crippen LogP contribution in [0.1, 0.15) is 0 Å². The second-order valence-corrected chi connectivity index (χ2v) is 3.32. The van der Waals surface area contributed by atoms with Gasteiger partial charge in [0.05, 0.1) is 0 Å². The molecule has 1 aliphatic heterocycles. The maximum atomic E-state index is 11.1. The molecular formula is C8H5ClO3. The first-order valence-electron chi connectivity index (χ1n) is 3.45. The molecule has 2 atom stereocenters. The number of esters is 2. The maximum Gasteiger partial charge on any atom is 0.340 e. The molecule has 62 valence electrons. The van der Waals surface area contributed by atoms with Crippen molar-refractivity contribution in [2.45, 2.75) is 4.87 Å². The molecule has 2 aliphatic rings. The molecule has 0 aromatic heterocycles. The van der Waals surface area contributed by atoms with Crippen LogP contribution in [0.25, 0.3) is 0 Å². The minimum absolute atomic E-state index is 0.574. The van der Waals surface area contributed by atoms with Crippen molar-refractivity contribution in [1.29, 1.82) is 0 Å². The topological polar surface area (TPSA) is 43.4 Å². The molecule has 12 heavy (non-hydrogen) atoms. The van der Waals surface area contributed by atoms with Crippen LogP contribution in [-0.2, 0) is 14.3 Å². The van der Waals surface area contributed by atoms with Gasteiger partial charge in [0.2, 0.25) is 0 Å². The number of carbonyl (C=O) groups is 2. The first kappa shape index (κ1) is 7.55. The molecule has 0 spiro atoms. The van der Waals surface area contributed by atoms with Crippen molar-refractivity contribution < 1.29 is 14.3 Å². The molecule has 0 radical (unpaired) electrons. The lowest BCUT2D eigenvalue weighted by Crippen LogP contribution is -2.33. The van der Waals surface area contributed by atoms with Gasteiger partial charge in [0.15, 0.2) is 4.87 Å². The maximum absolute atomic E-state index is 11.1. The van der Waals surface area contributed by atoms with E-state index in [0.29, 0.717) is 0 Å². The lowest BCUT2D eigenvalue weighted by Gasteiger charge is -2.17. The summed E-state index contributed by atoms with van der Waals surface area (Å²) in [6.45, 7) is 0. The largest absolute Gasteiger partial charge is 0.391 e. The smallest absolute Gasteiger partial charge is 0.340 e. The molecule has 2 unspecified atom stereocenters. The number of fused-ring (bicyclic) bond motifs is 1. The Bertz CT molecular complexity index is 318. The van der Waals surface area contributed by atoms with E-state index < -0.39 is 22.7 Å². The Hall–Kier alpha value is -1.09. The average molecular weight is 185 g/mol. The highest BCUT2D eigenvalue weighted by molar-refractivity contribution is 6.39. The minimum Gasteiger partial charge on any atom is -0.391 e. The Balaban J connectivity index is 2.49. The lowest BCUT2D eigenvalue weighted by molar-refractivity contribution is -0.153. The third-order valence-corrected chi connectivity index (χ3v) is 2.48. The zero-order valence-electron chi connectivity index (χ0n) is 5.99. The van der Waals surface area contributed by atoms with Gasteiger partial charge >= 0.3 is 11.9 Å². The molecule has 0 amide bonds. The van der Waals surface area contributed by atoms with Crippen molar-refractivity contribution in [3.05, 3.63) is 24.3 Å². The first-order valence-corrected chi connectivity index (χ1v) is 3.83. The van der Waals surface area contributed by atoms with Gasteiger partial charge in [0, 0.05) is 0 Å². The molecule has 1 fully saturated rings. The summed E-state index contributed by atoms with van der Waals surface area (Å²) in [5.74, 6) is -1.91. The number of halogens is 1.